The van der Waals surface area contributed by atoms with E-state index in [0.29, 0.717) is 11.3 Å². The molecular weight excluding hydrogens is 390 g/mol. The molecule has 1 aromatic carbocycles. The molecule has 164 valence electrons. The molecule has 1 fully saturated rings. The second-order valence-electron chi connectivity index (χ2n) is 9.03. The van der Waals surface area contributed by atoms with Gasteiger partial charge in [-0.25, -0.2) is 9.50 Å². The maximum atomic E-state index is 13.6. The molecule has 0 saturated carbocycles. The molecule has 0 N–H and O–H groups in total. The number of methoxy groups -OCH3 is 1. The van der Waals surface area contributed by atoms with Crippen LogP contribution in [-0.4, -0.2) is 70.1 Å². The van der Waals surface area contributed by atoms with Crippen molar-refractivity contribution in [3.05, 3.63) is 47.8 Å². The van der Waals surface area contributed by atoms with Crippen LogP contribution < -0.4 is 4.74 Å². The van der Waals surface area contributed by atoms with Gasteiger partial charge in [-0.1, -0.05) is 39.8 Å². The van der Waals surface area contributed by atoms with Crippen molar-refractivity contribution in [1.82, 2.24) is 24.4 Å². The molecule has 3 aromatic rings. The maximum absolute atomic E-state index is 13.6. The maximum Gasteiger partial charge on any atom is 0.272 e. The Hall–Kier alpha value is -2.93. The summed E-state index contributed by atoms with van der Waals surface area (Å²) in [6.07, 6.45) is 0. The molecule has 31 heavy (non-hydrogen) atoms. The molecule has 1 aliphatic heterocycles. The smallest absolute Gasteiger partial charge is 0.272 e. The third-order valence-corrected chi connectivity index (χ3v) is 5.89. The van der Waals surface area contributed by atoms with E-state index in [1.54, 1.807) is 11.6 Å². The van der Waals surface area contributed by atoms with Crippen molar-refractivity contribution in [2.24, 2.45) is 0 Å². The van der Waals surface area contributed by atoms with Crippen molar-refractivity contribution in [1.29, 1.82) is 0 Å². The van der Waals surface area contributed by atoms with E-state index in [1.165, 1.54) is 0 Å². The largest absolute Gasteiger partial charge is 0.497 e. The molecule has 0 spiro atoms. The summed E-state index contributed by atoms with van der Waals surface area (Å²) in [5.74, 6) is 0.752. The Morgan fingerprint density at radius 1 is 1.10 bits per heavy atom. The number of carbonyl (C=O) groups excluding carboxylic acids is 1. The Kier molecular flexibility index (Phi) is 5.71. The Labute approximate surface area is 183 Å². The first-order valence-corrected chi connectivity index (χ1v) is 10.9. The van der Waals surface area contributed by atoms with Gasteiger partial charge in [-0.2, -0.15) is 5.10 Å². The number of likely N-dealkylation sites (N-methyl/N-ethyl adjacent to an activating group) is 1. The normalized spacial score (nSPS) is 15.5. The highest BCUT2D eigenvalue weighted by atomic mass is 16.5. The third kappa shape index (κ3) is 4.28. The summed E-state index contributed by atoms with van der Waals surface area (Å²) in [6, 6.07) is 11.6. The quantitative estimate of drug-likeness (QED) is 0.645. The van der Waals surface area contributed by atoms with Crippen LogP contribution in [0.3, 0.4) is 0 Å². The van der Waals surface area contributed by atoms with Gasteiger partial charge in [0.15, 0.2) is 5.65 Å². The van der Waals surface area contributed by atoms with Crippen LogP contribution in [0.2, 0.25) is 0 Å². The first kappa shape index (κ1) is 21.3. The molecule has 0 radical (unpaired) electrons. The lowest BCUT2D eigenvalue weighted by Gasteiger charge is -2.34. The minimum absolute atomic E-state index is 0.00383. The molecule has 3 heterocycles. The number of benzene rings is 1. The highest BCUT2D eigenvalue weighted by Gasteiger charge is 2.26. The zero-order valence-electron chi connectivity index (χ0n) is 19.1. The van der Waals surface area contributed by atoms with Crippen LogP contribution in [0.1, 0.15) is 43.9 Å². The molecule has 0 aliphatic carbocycles. The first-order valence-electron chi connectivity index (χ1n) is 10.9. The molecule has 1 amide bonds. The van der Waals surface area contributed by atoms with Crippen LogP contribution in [0.25, 0.3) is 16.9 Å². The number of hydrogen-bond donors (Lipinski definition) is 0. The van der Waals surface area contributed by atoms with Gasteiger partial charge in [0.1, 0.15) is 11.4 Å². The van der Waals surface area contributed by atoms with Gasteiger partial charge in [0.25, 0.3) is 5.91 Å². The minimum Gasteiger partial charge on any atom is -0.497 e. The average Bonchev–Trinajstić information content (AvgIpc) is 3.23. The van der Waals surface area contributed by atoms with E-state index in [1.807, 2.05) is 41.3 Å². The summed E-state index contributed by atoms with van der Waals surface area (Å²) in [7, 11) is 1.65. The van der Waals surface area contributed by atoms with E-state index in [-0.39, 0.29) is 11.3 Å². The number of amides is 1. The summed E-state index contributed by atoms with van der Waals surface area (Å²) < 4.78 is 7.09. The summed E-state index contributed by atoms with van der Waals surface area (Å²) in [5, 5.41) is 4.77. The fourth-order valence-corrected chi connectivity index (χ4v) is 3.85. The molecule has 1 aliphatic rings. The summed E-state index contributed by atoms with van der Waals surface area (Å²) in [6.45, 7) is 12.7. The predicted molar refractivity (Wildman–Crippen MR) is 122 cm³/mol. The molecule has 1 saturated heterocycles. The molecule has 0 atom stereocenters. The van der Waals surface area contributed by atoms with Crippen LogP contribution in [0, 0.1) is 0 Å². The molecule has 7 nitrogen and oxygen atoms in total. The summed E-state index contributed by atoms with van der Waals surface area (Å²) in [5.41, 5.74) is 3.64. The number of aromatic nitrogens is 3. The zero-order valence-corrected chi connectivity index (χ0v) is 19.1. The standard InChI is InChI=1S/C24H31N5O2/c1-6-27-10-12-28(13-11-27)23(30)20-15-19(17-8-7-9-18(14-17)31-5)25-22-16-21(24(2,3)4)26-29(20)22/h7-9,14-16H,6,10-13H2,1-5H3. The van der Waals surface area contributed by atoms with Gasteiger partial charge in [-0.05, 0) is 24.7 Å². The van der Waals surface area contributed by atoms with Crippen molar-refractivity contribution in [3.8, 4) is 17.0 Å². The number of ether oxygens (including phenoxy) is 1. The number of nitrogens with zero attached hydrogens (tertiary/aromatic N) is 5. The SMILES string of the molecule is CCN1CCN(C(=O)c2cc(-c3cccc(OC)c3)nc3cc(C(C)(C)C)nn23)CC1. The Morgan fingerprint density at radius 2 is 1.84 bits per heavy atom. The number of hydrogen-bond acceptors (Lipinski definition) is 5. The van der Waals surface area contributed by atoms with Gasteiger partial charge in [0.05, 0.1) is 18.5 Å². The lowest BCUT2D eigenvalue weighted by atomic mass is 9.93. The lowest BCUT2D eigenvalue weighted by molar-refractivity contribution is 0.0634. The van der Waals surface area contributed by atoms with Crippen molar-refractivity contribution < 1.29 is 9.53 Å². The monoisotopic (exact) mass is 421 g/mol. The first-order chi connectivity index (χ1) is 14.8. The molecule has 0 bridgehead atoms. The molecule has 2 aromatic heterocycles. The van der Waals surface area contributed by atoms with Crippen LogP contribution in [-0.2, 0) is 5.41 Å². The highest BCUT2D eigenvalue weighted by molar-refractivity contribution is 5.94. The van der Waals surface area contributed by atoms with Gasteiger partial charge in [0.2, 0.25) is 0 Å². The van der Waals surface area contributed by atoms with Crippen molar-refractivity contribution in [2.75, 3.05) is 39.8 Å². The minimum atomic E-state index is -0.142. The van der Waals surface area contributed by atoms with Crippen LogP contribution in [0.15, 0.2) is 36.4 Å². The molecule has 7 heteroatoms. The van der Waals surface area contributed by atoms with E-state index in [9.17, 15) is 4.79 Å². The Morgan fingerprint density at radius 3 is 2.48 bits per heavy atom. The van der Waals surface area contributed by atoms with E-state index < -0.39 is 0 Å². The summed E-state index contributed by atoms with van der Waals surface area (Å²) in [4.78, 5) is 22.7. The van der Waals surface area contributed by atoms with Crippen molar-refractivity contribution >= 4 is 11.6 Å². The molecular formula is C24H31N5O2. The van der Waals surface area contributed by atoms with Gasteiger partial charge < -0.3 is 14.5 Å². The van der Waals surface area contributed by atoms with Crippen molar-refractivity contribution in [2.45, 2.75) is 33.1 Å². The van der Waals surface area contributed by atoms with E-state index in [4.69, 9.17) is 14.8 Å². The molecule has 4 rings (SSSR count). The van der Waals surface area contributed by atoms with E-state index in [0.717, 1.165) is 55.4 Å². The highest BCUT2D eigenvalue weighted by Crippen LogP contribution is 2.27. The predicted octanol–water partition coefficient (Wildman–Crippen LogP) is 3.48. The van der Waals surface area contributed by atoms with E-state index in [2.05, 4.69) is 32.6 Å². The number of piperazine rings is 1. The third-order valence-electron chi connectivity index (χ3n) is 5.89. The lowest BCUT2D eigenvalue weighted by Crippen LogP contribution is -2.48. The van der Waals surface area contributed by atoms with Gasteiger partial charge >= 0.3 is 0 Å². The van der Waals surface area contributed by atoms with Crippen LogP contribution in [0.4, 0.5) is 0 Å². The second-order valence-corrected chi connectivity index (χ2v) is 9.03. The number of rotatable bonds is 4. The summed E-state index contributed by atoms with van der Waals surface area (Å²) >= 11 is 0. The zero-order chi connectivity index (χ0) is 22.2. The topological polar surface area (TPSA) is 63.0 Å². The average molecular weight is 422 g/mol. The number of fused-ring (bicyclic) bond motifs is 1. The second kappa shape index (κ2) is 8.30. The van der Waals surface area contributed by atoms with Gasteiger partial charge in [-0.3, -0.25) is 4.79 Å². The fourth-order valence-electron chi connectivity index (χ4n) is 3.85. The van der Waals surface area contributed by atoms with Crippen LogP contribution in [0.5, 0.6) is 5.75 Å². The van der Waals surface area contributed by atoms with Gasteiger partial charge in [0, 0.05) is 43.2 Å². The van der Waals surface area contributed by atoms with Crippen LogP contribution >= 0.6 is 0 Å². The van der Waals surface area contributed by atoms with Crippen molar-refractivity contribution in [3.63, 3.8) is 0 Å². The number of carbonyl (C=O) groups is 1. The Bertz CT molecular complexity index is 1090. The Balaban J connectivity index is 1.81. The fraction of sp³-hybridized carbons (Fsp3) is 0.458. The molecule has 0 unspecified atom stereocenters. The van der Waals surface area contributed by atoms with Gasteiger partial charge in [-0.15, -0.1) is 0 Å². The van der Waals surface area contributed by atoms with E-state index >= 15 is 0 Å².